The van der Waals surface area contributed by atoms with E-state index in [4.69, 9.17) is 17.0 Å². The van der Waals surface area contributed by atoms with Crippen LogP contribution in [-0.2, 0) is 10.0 Å². The summed E-state index contributed by atoms with van der Waals surface area (Å²) >= 11 is 5.37. The summed E-state index contributed by atoms with van der Waals surface area (Å²) in [7, 11) is -1.93. The molecule has 2 rings (SSSR count). The number of nitrogens with one attached hydrogen (secondary N) is 2. The monoisotopic (exact) mass is 407 g/mol. The van der Waals surface area contributed by atoms with E-state index in [9.17, 15) is 8.42 Å². The molecule has 0 heterocycles. The largest absolute Gasteiger partial charge is 0.497 e. The third-order valence-electron chi connectivity index (χ3n) is 4.13. The van der Waals surface area contributed by atoms with Gasteiger partial charge in [0.2, 0.25) is 10.0 Å². The first kappa shape index (κ1) is 21.1. The molecule has 0 saturated carbocycles. The van der Waals surface area contributed by atoms with Crippen LogP contribution in [0.5, 0.6) is 5.75 Å². The zero-order valence-electron chi connectivity index (χ0n) is 15.9. The Morgan fingerprint density at radius 3 is 2.44 bits per heavy atom. The molecule has 0 aliphatic rings. The highest BCUT2D eigenvalue weighted by Crippen LogP contribution is 2.23. The van der Waals surface area contributed by atoms with Gasteiger partial charge in [0.05, 0.1) is 12.0 Å². The van der Waals surface area contributed by atoms with E-state index in [2.05, 4.69) is 10.6 Å². The average molecular weight is 408 g/mol. The molecule has 27 heavy (non-hydrogen) atoms. The lowest BCUT2D eigenvalue weighted by atomic mass is 10.2. The van der Waals surface area contributed by atoms with Crippen molar-refractivity contribution in [3.05, 3.63) is 48.0 Å². The number of methoxy groups -OCH3 is 1. The van der Waals surface area contributed by atoms with Crippen molar-refractivity contribution < 1.29 is 13.2 Å². The van der Waals surface area contributed by atoms with Crippen molar-refractivity contribution in [2.75, 3.05) is 30.8 Å². The van der Waals surface area contributed by atoms with Crippen LogP contribution in [0.3, 0.4) is 0 Å². The van der Waals surface area contributed by atoms with Crippen LogP contribution in [-0.4, -0.2) is 38.0 Å². The molecular formula is C19H25N3O3S2. The summed E-state index contributed by atoms with van der Waals surface area (Å²) in [5.41, 5.74) is 2.31. The molecule has 0 aliphatic heterocycles. The number of hydrogen-bond acceptors (Lipinski definition) is 4. The molecule has 0 aromatic heterocycles. The Balaban J connectivity index is 2.22. The van der Waals surface area contributed by atoms with Crippen LogP contribution in [0.15, 0.2) is 47.4 Å². The minimum absolute atomic E-state index is 0.239. The molecule has 0 amide bonds. The van der Waals surface area contributed by atoms with Gasteiger partial charge >= 0.3 is 0 Å². The number of ether oxygens (including phenoxy) is 1. The summed E-state index contributed by atoms with van der Waals surface area (Å²) < 4.78 is 32.1. The Kier molecular flexibility index (Phi) is 7.18. The molecule has 6 nitrogen and oxygen atoms in total. The van der Waals surface area contributed by atoms with Crippen LogP contribution in [0, 0.1) is 6.92 Å². The lowest BCUT2D eigenvalue weighted by Gasteiger charge is -2.20. The molecule has 0 aliphatic carbocycles. The van der Waals surface area contributed by atoms with Crippen molar-refractivity contribution in [2.45, 2.75) is 25.7 Å². The van der Waals surface area contributed by atoms with Crippen LogP contribution in [0.1, 0.15) is 19.4 Å². The number of aryl methyl sites for hydroxylation is 1. The summed E-state index contributed by atoms with van der Waals surface area (Å²) in [6.07, 6.45) is 0. The second-order valence-electron chi connectivity index (χ2n) is 5.88. The van der Waals surface area contributed by atoms with Gasteiger partial charge in [-0.25, -0.2) is 8.42 Å². The number of benzene rings is 2. The quantitative estimate of drug-likeness (QED) is 0.680. The second-order valence-corrected chi connectivity index (χ2v) is 8.22. The third-order valence-corrected chi connectivity index (χ3v) is 6.38. The first-order valence-corrected chi connectivity index (χ1v) is 10.5. The van der Waals surface area contributed by atoms with Crippen molar-refractivity contribution in [3.63, 3.8) is 0 Å². The highest BCUT2D eigenvalue weighted by atomic mass is 32.2. The van der Waals surface area contributed by atoms with Gasteiger partial charge in [-0.15, -0.1) is 0 Å². The van der Waals surface area contributed by atoms with Gasteiger partial charge in [-0.3, -0.25) is 0 Å². The summed E-state index contributed by atoms with van der Waals surface area (Å²) in [5, 5.41) is 6.52. The fourth-order valence-electron chi connectivity index (χ4n) is 2.59. The molecule has 0 fully saturated rings. The van der Waals surface area contributed by atoms with E-state index in [0.717, 1.165) is 11.3 Å². The standard InChI is InChI=1S/C19H25N3O3S2/c1-5-22(6-2)27(23,24)17-11-10-14(3)18(13-17)21-19(26)20-15-8-7-9-16(12-15)25-4/h7-13H,5-6H2,1-4H3,(H2,20,21,26). The van der Waals surface area contributed by atoms with Crippen LogP contribution in [0.2, 0.25) is 0 Å². The molecule has 8 heteroatoms. The zero-order chi connectivity index (χ0) is 20.0. The fraction of sp³-hybridized carbons (Fsp3) is 0.316. The highest BCUT2D eigenvalue weighted by molar-refractivity contribution is 7.89. The van der Waals surface area contributed by atoms with E-state index in [1.54, 1.807) is 25.3 Å². The maximum Gasteiger partial charge on any atom is 0.243 e. The van der Waals surface area contributed by atoms with Crippen molar-refractivity contribution in [3.8, 4) is 5.75 Å². The summed E-state index contributed by atoms with van der Waals surface area (Å²) in [6, 6.07) is 12.4. The summed E-state index contributed by atoms with van der Waals surface area (Å²) in [6.45, 7) is 6.38. The zero-order valence-corrected chi connectivity index (χ0v) is 17.6. The highest BCUT2D eigenvalue weighted by Gasteiger charge is 2.22. The number of sulfonamides is 1. The van der Waals surface area contributed by atoms with Gasteiger partial charge in [0, 0.05) is 30.5 Å². The maximum atomic E-state index is 12.7. The van der Waals surface area contributed by atoms with Gasteiger partial charge in [-0.2, -0.15) is 4.31 Å². The van der Waals surface area contributed by atoms with E-state index in [-0.39, 0.29) is 4.90 Å². The minimum Gasteiger partial charge on any atom is -0.497 e. The minimum atomic E-state index is -3.53. The predicted molar refractivity (Wildman–Crippen MR) is 114 cm³/mol. The normalized spacial score (nSPS) is 11.3. The van der Waals surface area contributed by atoms with Crippen LogP contribution < -0.4 is 15.4 Å². The van der Waals surface area contributed by atoms with Crippen molar-refractivity contribution >= 4 is 38.7 Å². The molecule has 0 atom stereocenters. The molecular weight excluding hydrogens is 382 g/mol. The molecule has 0 bridgehead atoms. The second kappa shape index (κ2) is 9.16. The molecule has 0 saturated heterocycles. The first-order valence-electron chi connectivity index (χ1n) is 8.64. The topological polar surface area (TPSA) is 70.7 Å². The van der Waals surface area contributed by atoms with E-state index in [0.29, 0.717) is 29.6 Å². The van der Waals surface area contributed by atoms with Gasteiger partial charge in [-0.05, 0) is 49.0 Å². The maximum absolute atomic E-state index is 12.7. The smallest absolute Gasteiger partial charge is 0.243 e. The number of anilines is 2. The Bertz CT molecular complexity index is 910. The molecule has 0 spiro atoms. The summed E-state index contributed by atoms with van der Waals surface area (Å²) in [5.74, 6) is 0.714. The molecule has 2 N–H and O–H groups in total. The first-order chi connectivity index (χ1) is 12.8. The Morgan fingerprint density at radius 2 is 1.81 bits per heavy atom. The van der Waals surface area contributed by atoms with Crippen molar-refractivity contribution in [2.24, 2.45) is 0 Å². The average Bonchev–Trinajstić information content (AvgIpc) is 2.64. The Hall–Kier alpha value is -2.16. The van der Waals surface area contributed by atoms with Gasteiger partial charge in [0.15, 0.2) is 5.11 Å². The van der Waals surface area contributed by atoms with Gasteiger partial charge in [-0.1, -0.05) is 26.0 Å². The predicted octanol–water partition coefficient (Wildman–Crippen LogP) is 3.84. The van der Waals surface area contributed by atoms with E-state index >= 15 is 0 Å². The number of hydrogen-bond donors (Lipinski definition) is 2. The van der Waals surface area contributed by atoms with Gasteiger partial charge in [0.25, 0.3) is 0 Å². The van der Waals surface area contributed by atoms with E-state index in [1.807, 2.05) is 45.0 Å². The molecule has 0 radical (unpaired) electrons. The lowest BCUT2D eigenvalue weighted by Crippen LogP contribution is -2.30. The van der Waals surface area contributed by atoms with Crippen LogP contribution >= 0.6 is 12.2 Å². The number of nitrogens with zero attached hydrogens (tertiary/aromatic N) is 1. The van der Waals surface area contributed by atoms with Crippen molar-refractivity contribution in [1.82, 2.24) is 4.31 Å². The Morgan fingerprint density at radius 1 is 1.11 bits per heavy atom. The fourth-order valence-corrected chi connectivity index (χ4v) is 4.31. The molecule has 2 aromatic carbocycles. The molecule has 146 valence electrons. The Labute approximate surface area is 166 Å². The molecule has 2 aromatic rings. The number of thiocarbonyl (C=S) groups is 1. The van der Waals surface area contributed by atoms with E-state index < -0.39 is 10.0 Å². The SMILES string of the molecule is CCN(CC)S(=O)(=O)c1ccc(C)c(NC(=S)Nc2cccc(OC)c2)c1. The lowest BCUT2D eigenvalue weighted by molar-refractivity contribution is 0.415. The van der Waals surface area contributed by atoms with Crippen LogP contribution in [0.4, 0.5) is 11.4 Å². The molecule has 0 unspecified atom stereocenters. The van der Waals surface area contributed by atoms with Gasteiger partial charge < -0.3 is 15.4 Å². The van der Waals surface area contributed by atoms with E-state index in [1.165, 1.54) is 4.31 Å². The third kappa shape index (κ3) is 5.18. The van der Waals surface area contributed by atoms with Crippen LogP contribution in [0.25, 0.3) is 0 Å². The number of rotatable bonds is 7. The summed E-state index contributed by atoms with van der Waals surface area (Å²) in [4.78, 5) is 0.239. The van der Waals surface area contributed by atoms with Crippen molar-refractivity contribution in [1.29, 1.82) is 0 Å². The van der Waals surface area contributed by atoms with Gasteiger partial charge in [0.1, 0.15) is 5.75 Å².